The minimum absolute atomic E-state index is 0. The van der Waals surface area contributed by atoms with Crippen LogP contribution in [0.4, 0.5) is 18.9 Å². The zero-order valence-electron chi connectivity index (χ0n) is 13.2. The molecule has 1 aromatic carbocycles. The van der Waals surface area contributed by atoms with Gasteiger partial charge in [-0.1, -0.05) is 6.07 Å². The number of halogens is 5. The molecule has 1 saturated heterocycles. The Morgan fingerprint density at radius 2 is 1.88 bits per heavy atom. The van der Waals surface area contributed by atoms with Gasteiger partial charge in [0.15, 0.2) is 5.75 Å². The van der Waals surface area contributed by atoms with Crippen molar-refractivity contribution in [1.82, 2.24) is 10.2 Å². The largest absolute Gasteiger partial charge is 0.502 e. The lowest BCUT2D eigenvalue weighted by Crippen LogP contribution is -2.45. The van der Waals surface area contributed by atoms with E-state index in [0.29, 0.717) is 31.7 Å². The summed E-state index contributed by atoms with van der Waals surface area (Å²) in [6.45, 7) is 2.44. The number of alkyl halides is 3. The lowest BCUT2D eigenvalue weighted by atomic mass is 9.98. The third-order valence-electron chi connectivity index (χ3n) is 3.87. The molecule has 0 aliphatic carbocycles. The molecule has 144 valence electrons. The van der Waals surface area contributed by atoms with Crippen LogP contribution in [0.1, 0.15) is 24.4 Å². The Hall–Kier alpha value is -1.29. The van der Waals surface area contributed by atoms with Crippen LogP contribution in [-0.2, 0) is 0 Å². The molecule has 0 bridgehead atoms. The van der Waals surface area contributed by atoms with Gasteiger partial charge in [0.2, 0.25) is 0 Å². The summed E-state index contributed by atoms with van der Waals surface area (Å²) in [6, 6.07) is 3.21. The van der Waals surface area contributed by atoms with Gasteiger partial charge in [-0.2, -0.15) is 13.2 Å². The summed E-state index contributed by atoms with van der Waals surface area (Å²) < 4.78 is 37.8. The third-order valence-corrected chi connectivity index (χ3v) is 3.87. The molecule has 0 aromatic heterocycles. The van der Waals surface area contributed by atoms with Gasteiger partial charge in [-0.3, -0.25) is 15.0 Å². The number of rotatable bonds is 5. The molecule has 6 nitrogen and oxygen atoms in total. The number of hydrogen-bond acceptors (Lipinski definition) is 5. The second-order valence-corrected chi connectivity index (χ2v) is 5.46. The van der Waals surface area contributed by atoms with E-state index in [2.05, 4.69) is 5.32 Å². The lowest BCUT2D eigenvalue weighted by molar-refractivity contribution is -0.386. The number of nitro benzene ring substituents is 1. The maximum Gasteiger partial charge on any atom is 0.389 e. The standard InChI is InChI=1S/C14H18F3N3O3.2ClH/c15-14(16,17)4-3-11(19-7-5-18-6-8-19)10-1-2-13(21)12(9-10)20(22)23;;/h1-2,9,11,18,21H,3-8H2;2*1H/t11-;;/m0../s1. The van der Waals surface area contributed by atoms with Crippen molar-refractivity contribution in [1.29, 1.82) is 0 Å². The average molecular weight is 406 g/mol. The number of piperazine rings is 1. The molecule has 2 rings (SSSR count). The molecule has 1 aliphatic rings. The van der Waals surface area contributed by atoms with Gasteiger partial charge in [0.25, 0.3) is 0 Å². The van der Waals surface area contributed by atoms with Crippen LogP contribution in [0.5, 0.6) is 5.75 Å². The van der Waals surface area contributed by atoms with E-state index in [4.69, 9.17) is 0 Å². The highest BCUT2D eigenvalue weighted by Gasteiger charge is 2.32. The Morgan fingerprint density at radius 3 is 2.40 bits per heavy atom. The number of phenolic OH excluding ortho intramolecular Hbond substituents is 1. The van der Waals surface area contributed by atoms with Crippen LogP contribution in [-0.4, -0.2) is 47.3 Å². The SMILES string of the molecule is Cl.Cl.O=[N+]([O-])c1cc([C@H](CCC(F)(F)F)N2CCNCC2)ccc1O. The molecule has 1 heterocycles. The maximum atomic E-state index is 12.6. The summed E-state index contributed by atoms with van der Waals surface area (Å²) in [7, 11) is 0. The minimum Gasteiger partial charge on any atom is -0.502 e. The van der Waals surface area contributed by atoms with E-state index in [1.807, 2.05) is 4.90 Å². The van der Waals surface area contributed by atoms with Gasteiger partial charge in [0.05, 0.1) is 4.92 Å². The molecular formula is C14H20Cl2F3N3O3. The second-order valence-electron chi connectivity index (χ2n) is 5.46. The first-order valence-corrected chi connectivity index (χ1v) is 7.27. The molecule has 11 heteroatoms. The summed E-state index contributed by atoms with van der Waals surface area (Å²) >= 11 is 0. The van der Waals surface area contributed by atoms with Crippen molar-refractivity contribution in [3.8, 4) is 5.75 Å². The van der Waals surface area contributed by atoms with Crippen LogP contribution >= 0.6 is 24.8 Å². The number of hydrogen-bond donors (Lipinski definition) is 2. The number of benzene rings is 1. The van der Waals surface area contributed by atoms with E-state index in [1.54, 1.807) is 0 Å². The Balaban J connectivity index is 0.00000288. The van der Waals surface area contributed by atoms with E-state index in [0.717, 1.165) is 6.07 Å². The fourth-order valence-corrected chi connectivity index (χ4v) is 2.75. The number of nitro groups is 1. The molecular weight excluding hydrogens is 386 g/mol. The van der Waals surface area contributed by atoms with E-state index in [1.165, 1.54) is 12.1 Å². The molecule has 1 atom stereocenters. The predicted molar refractivity (Wildman–Crippen MR) is 91.7 cm³/mol. The van der Waals surface area contributed by atoms with E-state index >= 15 is 0 Å². The van der Waals surface area contributed by atoms with Crippen LogP contribution in [0.15, 0.2) is 18.2 Å². The summed E-state index contributed by atoms with van der Waals surface area (Å²) in [6.07, 6.45) is -5.42. The highest BCUT2D eigenvalue weighted by atomic mass is 35.5. The molecule has 1 fully saturated rings. The van der Waals surface area contributed by atoms with E-state index in [-0.39, 0.29) is 31.2 Å². The quantitative estimate of drug-likeness (QED) is 0.579. The van der Waals surface area contributed by atoms with Crippen molar-refractivity contribution in [2.24, 2.45) is 0 Å². The predicted octanol–water partition coefficient (Wildman–Crippen LogP) is 3.43. The Morgan fingerprint density at radius 1 is 1.28 bits per heavy atom. The fraction of sp³-hybridized carbons (Fsp3) is 0.571. The Labute approximate surface area is 155 Å². The highest BCUT2D eigenvalue weighted by molar-refractivity contribution is 5.85. The van der Waals surface area contributed by atoms with Gasteiger partial charge in [-0.15, -0.1) is 24.8 Å². The summed E-state index contributed by atoms with van der Waals surface area (Å²) in [5, 5.41) is 23.6. The van der Waals surface area contributed by atoms with Crippen molar-refractivity contribution in [2.75, 3.05) is 26.2 Å². The van der Waals surface area contributed by atoms with Gasteiger partial charge in [0.1, 0.15) is 0 Å². The van der Waals surface area contributed by atoms with Crippen LogP contribution in [0.2, 0.25) is 0 Å². The molecule has 0 radical (unpaired) electrons. The molecule has 0 spiro atoms. The first-order chi connectivity index (χ1) is 10.8. The van der Waals surface area contributed by atoms with Crippen molar-refractivity contribution in [3.63, 3.8) is 0 Å². The highest BCUT2D eigenvalue weighted by Crippen LogP contribution is 2.35. The number of nitrogens with one attached hydrogen (secondary N) is 1. The minimum atomic E-state index is -4.28. The van der Waals surface area contributed by atoms with Crippen LogP contribution in [0, 0.1) is 10.1 Å². The molecule has 1 aliphatic heterocycles. The molecule has 0 amide bonds. The van der Waals surface area contributed by atoms with Crippen molar-refractivity contribution < 1.29 is 23.2 Å². The first-order valence-electron chi connectivity index (χ1n) is 7.27. The Kier molecular flexibility index (Phi) is 9.49. The van der Waals surface area contributed by atoms with Gasteiger partial charge >= 0.3 is 11.9 Å². The monoisotopic (exact) mass is 405 g/mol. The molecule has 2 N–H and O–H groups in total. The number of phenols is 1. The molecule has 0 unspecified atom stereocenters. The van der Waals surface area contributed by atoms with E-state index in [9.17, 15) is 28.4 Å². The smallest absolute Gasteiger partial charge is 0.389 e. The van der Waals surface area contributed by atoms with Gasteiger partial charge < -0.3 is 10.4 Å². The molecule has 1 aromatic rings. The summed E-state index contributed by atoms with van der Waals surface area (Å²) in [5.41, 5.74) is -0.0738. The van der Waals surface area contributed by atoms with Gasteiger partial charge in [0, 0.05) is 44.7 Å². The van der Waals surface area contributed by atoms with Crippen molar-refractivity contribution >= 4 is 30.5 Å². The first kappa shape index (κ1) is 23.7. The van der Waals surface area contributed by atoms with Gasteiger partial charge in [-0.25, -0.2) is 0 Å². The van der Waals surface area contributed by atoms with Crippen molar-refractivity contribution in [2.45, 2.75) is 25.1 Å². The van der Waals surface area contributed by atoms with Crippen LogP contribution in [0.3, 0.4) is 0 Å². The molecule has 25 heavy (non-hydrogen) atoms. The fourth-order valence-electron chi connectivity index (χ4n) is 2.75. The zero-order valence-corrected chi connectivity index (χ0v) is 14.8. The zero-order chi connectivity index (χ0) is 17.0. The van der Waals surface area contributed by atoms with Crippen molar-refractivity contribution in [3.05, 3.63) is 33.9 Å². The number of nitrogens with zero attached hydrogens (tertiary/aromatic N) is 2. The van der Waals surface area contributed by atoms with Gasteiger partial charge in [-0.05, 0) is 18.1 Å². The number of aromatic hydroxyl groups is 1. The summed E-state index contributed by atoms with van der Waals surface area (Å²) in [4.78, 5) is 12.1. The average Bonchev–Trinajstić information content (AvgIpc) is 2.48. The van der Waals surface area contributed by atoms with Crippen LogP contribution < -0.4 is 5.32 Å². The molecule has 0 saturated carbocycles. The second kappa shape index (κ2) is 10.0. The lowest BCUT2D eigenvalue weighted by Gasteiger charge is -2.35. The third kappa shape index (κ3) is 6.85. The normalized spacial score (nSPS) is 16.4. The Bertz CT molecular complexity index is 570. The maximum absolute atomic E-state index is 12.6. The summed E-state index contributed by atoms with van der Waals surface area (Å²) in [5.74, 6) is -0.492. The topological polar surface area (TPSA) is 78.6 Å². The van der Waals surface area contributed by atoms with Crippen LogP contribution in [0.25, 0.3) is 0 Å². The van der Waals surface area contributed by atoms with E-state index < -0.39 is 35.0 Å².